The zero-order valence-electron chi connectivity index (χ0n) is 12.6. The number of alkyl halides is 3. The van der Waals surface area contributed by atoms with Crippen molar-refractivity contribution < 1.29 is 22.7 Å². The van der Waals surface area contributed by atoms with E-state index in [1.165, 1.54) is 13.2 Å². The highest BCUT2D eigenvalue weighted by molar-refractivity contribution is 5.94. The first kappa shape index (κ1) is 16.9. The van der Waals surface area contributed by atoms with Gasteiger partial charge in [0.15, 0.2) is 0 Å². The van der Waals surface area contributed by atoms with Crippen LogP contribution in [0.1, 0.15) is 34.5 Å². The molecule has 0 fully saturated rings. The molecule has 23 heavy (non-hydrogen) atoms. The number of rotatable bonds is 4. The monoisotopic (exact) mass is 323 g/mol. The first-order valence-corrected chi connectivity index (χ1v) is 6.93. The van der Waals surface area contributed by atoms with Crippen molar-refractivity contribution in [2.75, 3.05) is 7.11 Å². The first-order chi connectivity index (χ1) is 10.8. The number of hydrogen-bond acceptors (Lipinski definition) is 2. The molecular weight excluding hydrogens is 307 g/mol. The molecule has 0 spiro atoms. The molecule has 2 rings (SSSR count). The fourth-order valence-corrected chi connectivity index (χ4v) is 2.09. The predicted octanol–water partition coefficient (Wildman–Crippen LogP) is 4.21. The first-order valence-electron chi connectivity index (χ1n) is 6.93. The molecule has 0 saturated heterocycles. The summed E-state index contributed by atoms with van der Waals surface area (Å²) in [6.07, 6.45) is -4.41. The number of carbonyl (C=O) groups excluding carboxylic acids is 1. The number of ether oxygens (including phenoxy) is 1. The Labute approximate surface area is 132 Å². The number of halogens is 3. The van der Waals surface area contributed by atoms with Gasteiger partial charge in [0.2, 0.25) is 0 Å². The Kier molecular flexibility index (Phi) is 4.93. The summed E-state index contributed by atoms with van der Waals surface area (Å²) in [5, 5.41) is 2.68. The summed E-state index contributed by atoms with van der Waals surface area (Å²) in [6, 6.07) is 10.8. The van der Waals surface area contributed by atoms with Gasteiger partial charge in [0.1, 0.15) is 5.75 Å². The lowest BCUT2D eigenvalue weighted by Crippen LogP contribution is -2.26. The SMILES string of the molecule is COc1ccc(C(=O)NC(C)c2cccc(C(F)(F)F)c2)cc1. The van der Waals surface area contributed by atoms with E-state index in [9.17, 15) is 18.0 Å². The van der Waals surface area contributed by atoms with Crippen LogP contribution < -0.4 is 10.1 Å². The molecule has 0 aliphatic rings. The summed E-state index contributed by atoms with van der Waals surface area (Å²) in [6.45, 7) is 1.64. The summed E-state index contributed by atoms with van der Waals surface area (Å²) < 4.78 is 43.2. The van der Waals surface area contributed by atoms with Gasteiger partial charge >= 0.3 is 6.18 Å². The molecule has 0 saturated carbocycles. The molecule has 0 heterocycles. The van der Waals surface area contributed by atoms with E-state index in [1.807, 2.05) is 0 Å². The molecule has 1 amide bonds. The van der Waals surface area contributed by atoms with Crippen LogP contribution in [-0.4, -0.2) is 13.0 Å². The molecule has 1 unspecified atom stereocenters. The maximum absolute atomic E-state index is 12.7. The smallest absolute Gasteiger partial charge is 0.416 e. The van der Waals surface area contributed by atoms with Crippen LogP contribution in [0.5, 0.6) is 5.75 Å². The van der Waals surface area contributed by atoms with E-state index in [2.05, 4.69) is 5.32 Å². The molecule has 2 aromatic rings. The van der Waals surface area contributed by atoms with Gasteiger partial charge in [-0.2, -0.15) is 13.2 Å². The van der Waals surface area contributed by atoms with Gasteiger partial charge in [0.05, 0.1) is 18.7 Å². The summed E-state index contributed by atoms with van der Waals surface area (Å²) in [7, 11) is 1.52. The van der Waals surface area contributed by atoms with Gasteiger partial charge in [0.25, 0.3) is 5.91 Å². The van der Waals surface area contributed by atoms with E-state index in [4.69, 9.17) is 4.74 Å². The molecule has 3 nitrogen and oxygen atoms in total. The molecule has 0 aliphatic carbocycles. The lowest BCUT2D eigenvalue weighted by Gasteiger charge is -2.16. The highest BCUT2D eigenvalue weighted by Crippen LogP contribution is 2.30. The van der Waals surface area contributed by atoms with Crippen molar-refractivity contribution in [2.45, 2.75) is 19.1 Å². The normalized spacial score (nSPS) is 12.6. The summed E-state index contributed by atoms with van der Waals surface area (Å²) in [5.74, 6) is 0.255. The lowest BCUT2D eigenvalue weighted by molar-refractivity contribution is -0.137. The van der Waals surface area contributed by atoms with E-state index in [1.54, 1.807) is 37.3 Å². The maximum atomic E-state index is 12.7. The number of carbonyl (C=O) groups is 1. The fraction of sp³-hybridized carbons (Fsp3) is 0.235. The van der Waals surface area contributed by atoms with Crippen molar-refractivity contribution in [3.63, 3.8) is 0 Å². The van der Waals surface area contributed by atoms with Crippen LogP contribution in [0.15, 0.2) is 48.5 Å². The van der Waals surface area contributed by atoms with Crippen LogP contribution in [-0.2, 0) is 6.18 Å². The Hall–Kier alpha value is -2.50. The lowest BCUT2D eigenvalue weighted by atomic mass is 10.0. The van der Waals surface area contributed by atoms with Crippen LogP contribution in [0.25, 0.3) is 0 Å². The van der Waals surface area contributed by atoms with Gasteiger partial charge in [-0.3, -0.25) is 4.79 Å². The number of nitrogens with one attached hydrogen (secondary N) is 1. The van der Waals surface area contributed by atoms with Gasteiger partial charge in [-0.15, -0.1) is 0 Å². The average Bonchev–Trinajstić information content (AvgIpc) is 2.54. The van der Waals surface area contributed by atoms with E-state index in [0.717, 1.165) is 12.1 Å². The van der Waals surface area contributed by atoms with Gasteiger partial charge in [-0.05, 0) is 48.9 Å². The third-order valence-electron chi connectivity index (χ3n) is 3.41. The Morgan fingerprint density at radius 3 is 2.35 bits per heavy atom. The molecule has 1 atom stereocenters. The maximum Gasteiger partial charge on any atom is 0.416 e. The molecular formula is C17H16F3NO2. The van der Waals surface area contributed by atoms with E-state index < -0.39 is 17.8 Å². The van der Waals surface area contributed by atoms with Crippen molar-refractivity contribution in [3.05, 3.63) is 65.2 Å². The zero-order chi connectivity index (χ0) is 17.0. The Morgan fingerprint density at radius 1 is 1.13 bits per heavy atom. The summed E-state index contributed by atoms with van der Waals surface area (Å²) in [4.78, 5) is 12.1. The Bertz CT molecular complexity index is 681. The van der Waals surface area contributed by atoms with Crippen LogP contribution in [0.3, 0.4) is 0 Å². The molecule has 0 bridgehead atoms. The van der Waals surface area contributed by atoms with Crippen LogP contribution in [0, 0.1) is 0 Å². The van der Waals surface area contributed by atoms with E-state index >= 15 is 0 Å². The number of hydrogen-bond donors (Lipinski definition) is 1. The minimum atomic E-state index is -4.41. The quantitative estimate of drug-likeness (QED) is 0.915. The molecule has 2 aromatic carbocycles. The van der Waals surface area contributed by atoms with E-state index in [-0.39, 0.29) is 5.91 Å². The van der Waals surface area contributed by atoms with Crippen molar-refractivity contribution in [1.82, 2.24) is 5.32 Å². The summed E-state index contributed by atoms with van der Waals surface area (Å²) in [5.41, 5.74) is 0.0619. The molecule has 0 aliphatic heterocycles. The largest absolute Gasteiger partial charge is 0.497 e. The van der Waals surface area contributed by atoms with Gasteiger partial charge in [-0.1, -0.05) is 12.1 Å². The van der Waals surface area contributed by atoms with Gasteiger partial charge in [-0.25, -0.2) is 0 Å². The van der Waals surface area contributed by atoms with Crippen molar-refractivity contribution in [3.8, 4) is 5.75 Å². The Balaban J connectivity index is 2.11. The topological polar surface area (TPSA) is 38.3 Å². The molecule has 0 aromatic heterocycles. The third kappa shape index (κ3) is 4.25. The second-order valence-electron chi connectivity index (χ2n) is 5.05. The molecule has 122 valence electrons. The number of amides is 1. The molecule has 1 N–H and O–H groups in total. The standard InChI is InChI=1S/C17H16F3NO2/c1-11(13-4-3-5-14(10-13)17(18,19)20)21-16(22)12-6-8-15(23-2)9-7-12/h3-11H,1-2H3,(H,21,22). The Morgan fingerprint density at radius 2 is 1.78 bits per heavy atom. The number of benzene rings is 2. The summed E-state index contributed by atoms with van der Waals surface area (Å²) >= 11 is 0. The number of methoxy groups -OCH3 is 1. The minimum absolute atomic E-state index is 0.363. The molecule has 6 heteroatoms. The van der Waals surface area contributed by atoms with Crippen molar-refractivity contribution in [1.29, 1.82) is 0 Å². The van der Waals surface area contributed by atoms with Crippen molar-refractivity contribution in [2.24, 2.45) is 0 Å². The van der Waals surface area contributed by atoms with E-state index in [0.29, 0.717) is 16.9 Å². The van der Waals surface area contributed by atoms with Crippen LogP contribution >= 0.6 is 0 Å². The third-order valence-corrected chi connectivity index (χ3v) is 3.41. The van der Waals surface area contributed by atoms with Gasteiger partial charge in [0, 0.05) is 5.56 Å². The highest BCUT2D eigenvalue weighted by atomic mass is 19.4. The zero-order valence-corrected chi connectivity index (χ0v) is 12.6. The predicted molar refractivity (Wildman–Crippen MR) is 80.3 cm³/mol. The molecule has 0 radical (unpaired) electrons. The fourth-order valence-electron chi connectivity index (χ4n) is 2.09. The highest BCUT2D eigenvalue weighted by Gasteiger charge is 2.30. The average molecular weight is 323 g/mol. The minimum Gasteiger partial charge on any atom is -0.497 e. The second kappa shape index (κ2) is 6.73. The second-order valence-corrected chi connectivity index (χ2v) is 5.05. The van der Waals surface area contributed by atoms with Crippen LogP contribution in [0.4, 0.5) is 13.2 Å². The van der Waals surface area contributed by atoms with Crippen molar-refractivity contribution >= 4 is 5.91 Å². The van der Waals surface area contributed by atoms with Crippen LogP contribution in [0.2, 0.25) is 0 Å². The van der Waals surface area contributed by atoms with Gasteiger partial charge < -0.3 is 10.1 Å².